The summed E-state index contributed by atoms with van der Waals surface area (Å²) in [6.07, 6.45) is 3.81. The molecule has 0 aliphatic carbocycles. The summed E-state index contributed by atoms with van der Waals surface area (Å²) in [7, 11) is -3.77. The predicted octanol–water partition coefficient (Wildman–Crippen LogP) is 6.03. The van der Waals surface area contributed by atoms with Gasteiger partial charge in [-0.05, 0) is 115 Å². The molecule has 10 rings (SSSR count). The molecule has 68 heavy (non-hydrogen) atoms. The minimum absolute atomic E-state index is 0.0984. The zero-order valence-corrected chi connectivity index (χ0v) is 38.0. The standard InChI is InChI=1S/C27H24N2O4.C26H25N3O5S/c30-19-28-17-21-7-10-24-23(16-21)27(18-32-24)12-14-29(15-13-27)26(31)25-11-9-22(33-25)8-6-20-4-2-1-3-5-20;27-35(31,32)28-17-20-7-10-23-22(16-20)26(18-33-23)12-14-29(15-13-26)25(30)24-11-9-21(34-24)8-6-19-4-2-1-3-5-19/h1-5,7,9-11,16,19H,12-15,17-18H2,(H,28,30);1-5,7,9-11,16,28H,12-15,17-18H2,(H2,27,31,32). The van der Waals surface area contributed by atoms with Gasteiger partial charge in [-0.25, -0.2) is 5.14 Å². The lowest BCUT2D eigenvalue weighted by Crippen LogP contribution is -2.46. The Labute approximate surface area is 395 Å². The van der Waals surface area contributed by atoms with E-state index in [2.05, 4.69) is 39.8 Å². The zero-order valence-electron chi connectivity index (χ0n) is 37.2. The molecule has 0 radical (unpaired) electrons. The third-order valence-electron chi connectivity index (χ3n) is 13.0. The number of rotatable bonds is 8. The van der Waals surface area contributed by atoms with Gasteiger partial charge in [0.2, 0.25) is 6.41 Å². The number of carbonyl (C=O) groups excluding carboxylic acids is 3. The number of carbonyl (C=O) groups is 3. The van der Waals surface area contributed by atoms with Crippen LogP contribution in [0.2, 0.25) is 0 Å². The fraction of sp³-hybridized carbons (Fsp3) is 0.264. The van der Waals surface area contributed by atoms with Crippen molar-refractivity contribution in [3.63, 3.8) is 0 Å². The SMILES string of the molecule is NS(=O)(=O)NCc1ccc2c(c1)C1(CCN(C(=O)c3ccc(C#Cc4ccccc4)o3)CC1)CO2.O=CNCc1ccc2c(c1)C1(CCN(C(=O)c3ccc(C#Cc4ccccc4)o3)CC1)CO2. The van der Waals surface area contributed by atoms with Crippen molar-refractivity contribution in [3.05, 3.63) is 178 Å². The smallest absolute Gasteiger partial charge is 0.289 e. The van der Waals surface area contributed by atoms with Crippen LogP contribution < -0.4 is 24.7 Å². The Morgan fingerprint density at radius 3 is 1.47 bits per heavy atom. The number of furan rings is 2. The molecule has 14 nitrogen and oxygen atoms in total. The van der Waals surface area contributed by atoms with E-state index in [0.717, 1.165) is 65.0 Å². The number of hydrogen-bond donors (Lipinski definition) is 3. The molecule has 2 fully saturated rings. The molecule has 0 atom stereocenters. The second-order valence-electron chi connectivity index (χ2n) is 17.3. The van der Waals surface area contributed by atoms with Crippen molar-refractivity contribution in [3.8, 4) is 35.2 Å². The van der Waals surface area contributed by atoms with Crippen LogP contribution in [0.5, 0.6) is 11.5 Å². The number of ether oxygens (including phenoxy) is 2. The minimum atomic E-state index is -3.77. The highest BCUT2D eigenvalue weighted by molar-refractivity contribution is 7.87. The van der Waals surface area contributed by atoms with Crippen LogP contribution in [0, 0.1) is 23.7 Å². The van der Waals surface area contributed by atoms with Crippen molar-refractivity contribution < 1.29 is 41.1 Å². The van der Waals surface area contributed by atoms with Gasteiger partial charge < -0.3 is 33.4 Å². The van der Waals surface area contributed by atoms with Crippen LogP contribution >= 0.6 is 0 Å². The first-order valence-corrected chi connectivity index (χ1v) is 23.9. The quantitative estimate of drug-likeness (QED) is 0.121. The molecule has 0 bridgehead atoms. The Balaban J connectivity index is 0.000000170. The lowest BCUT2D eigenvalue weighted by molar-refractivity contribution is -0.109. The summed E-state index contributed by atoms with van der Waals surface area (Å²) in [5.41, 5.74) is 5.54. The lowest BCUT2D eigenvalue weighted by Gasteiger charge is -2.38. The maximum atomic E-state index is 13.0. The van der Waals surface area contributed by atoms with Gasteiger partial charge in [0.05, 0.1) is 13.2 Å². The maximum absolute atomic E-state index is 13.0. The van der Waals surface area contributed by atoms with Crippen molar-refractivity contribution >= 4 is 28.4 Å². The molecular formula is C53H49N5O9S. The van der Waals surface area contributed by atoms with Gasteiger partial charge in [0.25, 0.3) is 22.0 Å². The van der Waals surface area contributed by atoms with Crippen molar-refractivity contribution in [1.82, 2.24) is 19.8 Å². The van der Waals surface area contributed by atoms with Gasteiger partial charge in [-0.3, -0.25) is 14.4 Å². The summed E-state index contributed by atoms with van der Waals surface area (Å²) < 4.78 is 48.1. The van der Waals surface area contributed by atoms with Crippen LogP contribution in [0.15, 0.2) is 130 Å². The normalized spacial score (nSPS) is 16.1. The van der Waals surface area contributed by atoms with Gasteiger partial charge in [0.15, 0.2) is 23.0 Å². The van der Waals surface area contributed by atoms with E-state index in [1.807, 2.05) is 95.9 Å². The molecule has 2 spiro atoms. The summed E-state index contributed by atoms with van der Waals surface area (Å²) in [5.74, 6) is 15.0. The Hall–Kier alpha value is -7.56. The second kappa shape index (κ2) is 19.7. The molecule has 4 N–H and O–H groups in total. The highest BCUT2D eigenvalue weighted by Crippen LogP contribution is 2.47. The Bertz CT molecular complexity index is 3050. The molecule has 2 aromatic heterocycles. The molecule has 6 heterocycles. The van der Waals surface area contributed by atoms with Crippen LogP contribution in [0.4, 0.5) is 0 Å². The summed E-state index contributed by atoms with van der Waals surface area (Å²) in [5, 5.41) is 7.77. The highest BCUT2D eigenvalue weighted by atomic mass is 32.2. The van der Waals surface area contributed by atoms with Crippen molar-refractivity contribution in [2.45, 2.75) is 49.6 Å². The lowest BCUT2D eigenvalue weighted by atomic mass is 9.74. The van der Waals surface area contributed by atoms with Crippen molar-refractivity contribution in [2.24, 2.45) is 5.14 Å². The minimum Gasteiger partial charge on any atom is -0.492 e. The van der Waals surface area contributed by atoms with Gasteiger partial charge in [-0.2, -0.15) is 13.1 Å². The van der Waals surface area contributed by atoms with E-state index >= 15 is 0 Å². The third-order valence-corrected chi connectivity index (χ3v) is 13.5. The van der Waals surface area contributed by atoms with E-state index in [0.29, 0.717) is 69.6 Å². The number of nitrogens with zero attached hydrogens (tertiary/aromatic N) is 2. The molecule has 15 heteroatoms. The molecule has 0 unspecified atom stereocenters. The Kier molecular flexibility index (Phi) is 13.2. The zero-order chi connectivity index (χ0) is 47.1. The highest BCUT2D eigenvalue weighted by Gasteiger charge is 2.45. The Morgan fingerprint density at radius 2 is 1.04 bits per heavy atom. The van der Waals surface area contributed by atoms with Gasteiger partial charge in [-0.1, -0.05) is 66.4 Å². The molecule has 4 aliphatic heterocycles. The number of likely N-dealkylation sites (tertiary alicyclic amines) is 2. The number of hydrogen-bond acceptors (Lipinski definition) is 9. The fourth-order valence-electron chi connectivity index (χ4n) is 9.15. The van der Waals surface area contributed by atoms with E-state index in [9.17, 15) is 22.8 Å². The van der Waals surface area contributed by atoms with Crippen LogP contribution in [0.25, 0.3) is 0 Å². The summed E-state index contributed by atoms with van der Waals surface area (Å²) in [6, 6.07) is 37.8. The third kappa shape index (κ3) is 10.4. The molecule has 346 valence electrons. The number of nitrogens with two attached hydrogens (primary N) is 1. The first-order chi connectivity index (χ1) is 33.0. The van der Waals surface area contributed by atoms with Crippen LogP contribution in [-0.2, 0) is 38.9 Å². The number of nitrogens with one attached hydrogen (secondary N) is 2. The van der Waals surface area contributed by atoms with E-state index in [1.165, 1.54) is 5.56 Å². The Morgan fingerprint density at radius 1 is 0.603 bits per heavy atom. The predicted molar refractivity (Wildman–Crippen MR) is 253 cm³/mol. The second-order valence-corrected chi connectivity index (χ2v) is 18.7. The van der Waals surface area contributed by atoms with Crippen LogP contribution in [0.1, 0.15) is 91.7 Å². The summed E-state index contributed by atoms with van der Waals surface area (Å²) >= 11 is 0. The molecule has 0 saturated carbocycles. The number of piperidine rings is 2. The first kappa shape index (κ1) is 45.6. The van der Waals surface area contributed by atoms with Crippen molar-refractivity contribution in [2.75, 3.05) is 39.4 Å². The fourth-order valence-corrected chi connectivity index (χ4v) is 9.52. The molecule has 4 aliphatic rings. The summed E-state index contributed by atoms with van der Waals surface area (Å²) in [4.78, 5) is 40.3. The van der Waals surface area contributed by atoms with Crippen molar-refractivity contribution in [1.29, 1.82) is 0 Å². The van der Waals surface area contributed by atoms with E-state index in [-0.39, 0.29) is 34.9 Å². The number of amides is 3. The molecule has 4 aromatic carbocycles. The van der Waals surface area contributed by atoms with Gasteiger partial charge in [0.1, 0.15) is 11.5 Å². The van der Waals surface area contributed by atoms with Gasteiger partial charge in [-0.15, -0.1) is 0 Å². The van der Waals surface area contributed by atoms with Gasteiger partial charge >= 0.3 is 0 Å². The molecular weight excluding hydrogens is 883 g/mol. The average Bonchev–Trinajstić information content (AvgIpc) is 4.19. The van der Waals surface area contributed by atoms with E-state index in [4.69, 9.17) is 23.4 Å². The van der Waals surface area contributed by atoms with Crippen LogP contribution in [-0.4, -0.2) is 75.8 Å². The van der Waals surface area contributed by atoms with Crippen LogP contribution in [0.3, 0.4) is 0 Å². The largest absolute Gasteiger partial charge is 0.492 e. The number of fused-ring (bicyclic) bond motifs is 4. The summed E-state index contributed by atoms with van der Waals surface area (Å²) in [6.45, 7) is 4.14. The number of benzene rings is 4. The first-order valence-electron chi connectivity index (χ1n) is 22.4. The van der Waals surface area contributed by atoms with E-state index < -0.39 is 10.2 Å². The average molecular weight is 932 g/mol. The monoisotopic (exact) mass is 931 g/mol. The topological polar surface area (TPSA) is 187 Å². The molecule has 6 aromatic rings. The van der Waals surface area contributed by atoms with Gasteiger partial charge in [0, 0.05) is 72.4 Å². The molecule has 2 saturated heterocycles. The maximum Gasteiger partial charge on any atom is 0.289 e. The molecule has 3 amide bonds. The van der Waals surface area contributed by atoms with E-state index in [1.54, 1.807) is 29.2 Å².